The van der Waals surface area contributed by atoms with E-state index in [0.29, 0.717) is 47.9 Å². The second-order valence-corrected chi connectivity index (χ2v) is 9.99. The average Bonchev–Trinajstić information content (AvgIpc) is 3.20. The SMILES string of the molecule is Br.CCOc1cc2c(c(F)c1OCC)C(=N)N(CC(=O)c1cc(C(C)C)c(OC)c(N3CCCCC3O)c1)C2. The largest absolute Gasteiger partial charge is 0.494 e. The molecule has 0 aromatic heterocycles. The number of aliphatic hydroxyl groups is 1. The first-order valence-electron chi connectivity index (χ1n) is 13.4. The van der Waals surface area contributed by atoms with Crippen LogP contribution in [0.2, 0.25) is 0 Å². The molecule has 1 atom stereocenters. The summed E-state index contributed by atoms with van der Waals surface area (Å²) in [6.45, 7) is 9.04. The molecule has 1 fully saturated rings. The van der Waals surface area contributed by atoms with Gasteiger partial charge in [0.15, 0.2) is 23.1 Å². The molecule has 0 saturated carbocycles. The topological polar surface area (TPSA) is 95.3 Å². The molecule has 0 spiro atoms. The summed E-state index contributed by atoms with van der Waals surface area (Å²) in [6, 6.07) is 5.31. The zero-order chi connectivity index (χ0) is 27.6. The Hall–Kier alpha value is -2.85. The van der Waals surface area contributed by atoms with Crippen LogP contribution in [-0.2, 0) is 6.54 Å². The monoisotopic (exact) mass is 607 g/mol. The predicted octanol–water partition coefficient (Wildman–Crippen LogP) is 5.67. The fraction of sp³-hybridized carbons (Fsp3) is 0.517. The first-order chi connectivity index (χ1) is 18.2. The van der Waals surface area contributed by atoms with E-state index in [1.165, 1.54) is 0 Å². The minimum atomic E-state index is -0.647. The number of hydrogen-bond donors (Lipinski definition) is 2. The molecule has 0 bridgehead atoms. The standard InChI is InChI=1S/C29H38FN3O5.BrH/c1-6-37-23-14-19-15-32(29(31)25(19)26(30)28(23)38-7-2)16-22(34)18-12-20(17(3)4)27(36-5)21(13-18)33-11-9-8-10-24(33)35;/h12-14,17,24,31,35H,6-11,15-16H2,1-5H3;1H. The predicted molar refractivity (Wildman–Crippen MR) is 155 cm³/mol. The van der Waals surface area contributed by atoms with Crippen molar-refractivity contribution in [3.8, 4) is 17.2 Å². The number of hydrogen-bond acceptors (Lipinski definition) is 7. The van der Waals surface area contributed by atoms with Gasteiger partial charge in [-0.1, -0.05) is 13.8 Å². The van der Waals surface area contributed by atoms with E-state index in [1.54, 1.807) is 31.1 Å². The molecule has 39 heavy (non-hydrogen) atoms. The van der Waals surface area contributed by atoms with Crippen molar-refractivity contribution in [3.63, 3.8) is 0 Å². The second kappa shape index (κ2) is 13.0. The summed E-state index contributed by atoms with van der Waals surface area (Å²) in [7, 11) is 1.60. The van der Waals surface area contributed by atoms with Gasteiger partial charge in [0.25, 0.3) is 0 Å². The van der Waals surface area contributed by atoms with Gasteiger partial charge in [-0.25, -0.2) is 4.39 Å². The number of anilines is 1. The molecule has 2 aliphatic heterocycles. The molecule has 2 N–H and O–H groups in total. The number of ether oxygens (including phenoxy) is 3. The highest BCUT2D eigenvalue weighted by Crippen LogP contribution is 2.41. The number of aliphatic hydroxyl groups excluding tert-OH is 1. The van der Waals surface area contributed by atoms with Gasteiger partial charge in [0.1, 0.15) is 17.8 Å². The van der Waals surface area contributed by atoms with E-state index in [-0.39, 0.29) is 65.5 Å². The Kier molecular flexibility index (Phi) is 10.2. The third-order valence-corrected chi connectivity index (χ3v) is 7.13. The molecule has 2 aliphatic rings. The number of carbonyl (C=O) groups is 1. The summed E-state index contributed by atoms with van der Waals surface area (Å²) < 4.78 is 32.3. The van der Waals surface area contributed by atoms with Crippen LogP contribution in [0.25, 0.3) is 0 Å². The van der Waals surface area contributed by atoms with Crippen LogP contribution in [0, 0.1) is 11.2 Å². The van der Waals surface area contributed by atoms with E-state index in [4.69, 9.17) is 19.6 Å². The van der Waals surface area contributed by atoms with E-state index in [9.17, 15) is 9.90 Å². The Morgan fingerprint density at radius 1 is 1.15 bits per heavy atom. The molecule has 0 radical (unpaired) electrons. The molecule has 2 aromatic carbocycles. The summed E-state index contributed by atoms with van der Waals surface area (Å²) in [5.74, 6) is 0.138. The molecule has 2 aromatic rings. The van der Waals surface area contributed by atoms with E-state index >= 15 is 4.39 Å². The number of nitrogens with one attached hydrogen (secondary N) is 1. The van der Waals surface area contributed by atoms with Crippen molar-refractivity contribution in [3.05, 3.63) is 46.3 Å². The van der Waals surface area contributed by atoms with Crippen molar-refractivity contribution in [2.75, 3.05) is 38.3 Å². The van der Waals surface area contributed by atoms with Gasteiger partial charge in [-0.2, -0.15) is 0 Å². The first kappa shape index (κ1) is 30.7. The van der Waals surface area contributed by atoms with Crippen LogP contribution < -0.4 is 19.1 Å². The maximum Gasteiger partial charge on any atom is 0.197 e. The number of nitrogens with zero attached hydrogens (tertiary/aromatic N) is 2. The Balaban J connectivity index is 0.00000420. The van der Waals surface area contributed by atoms with Crippen molar-refractivity contribution in [1.29, 1.82) is 5.41 Å². The molecule has 0 aliphatic carbocycles. The van der Waals surface area contributed by atoms with Crippen molar-refractivity contribution in [1.82, 2.24) is 4.90 Å². The molecule has 8 nitrogen and oxygen atoms in total. The minimum absolute atomic E-state index is 0. The fourth-order valence-electron chi connectivity index (χ4n) is 5.28. The summed E-state index contributed by atoms with van der Waals surface area (Å²) in [6.07, 6.45) is 1.89. The van der Waals surface area contributed by atoms with Gasteiger partial charge in [-0.05, 0) is 68.4 Å². The Morgan fingerprint density at radius 2 is 1.87 bits per heavy atom. The third kappa shape index (κ3) is 6.01. The van der Waals surface area contributed by atoms with E-state index in [0.717, 1.165) is 18.4 Å². The number of carbonyl (C=O) groups excluding carboxylic acids is 1. The van der Waals surface area contributed by atoms with Gasteiger partial charge >= 0.3 is 0 Å². The Morgan fingerprint density at radius 3 is 2.49 bits per heavy atom. The lowest BCUT2D eigenvalue weighted by molar-refractivity contribution is 0.0962. The van der Waals surface area contributed by atoms with Gasteiger partial charge in [-0.3, -0.25) is 10.2 Å². The molecule has 1 saturated heterocycles. The highest BCUT2D eigenvalue weighted by Gasteiger charge is 2.34. The summed E-state index contributed by atoms with van der Waals surface area (Å²) >= 11 is 0. The van der Waals surface area contributed by atoms with Gasteiger partial charge in [0.2, 0.25) is 0 Å². The molecule has 4 rings (SSSR count). The van der Waals surface area contributed by atoms with Gasteiger partial charge < -0.3 is 29.1 Å². The normalized spacial score (nSPS) is 16.7. The Bertz CT molecular complexity index is 1220. The second-order valence-electron chi connectivity index (χ2n) is 9.99. The molecular formula is C29H39BrFN3O5. The van der Waals surface area contributed by atoms with Crippen LogP contribution >= 0.6 is 17.0 Å². The summed E-state index contributed by atoms with van der Waals surface area (Å²) in [4.78, 5) is 17.1. The summed E-state index contributed by atoms with van der Waals surface area (Å²) in [5.41, 5.74) is 2.76. The van der Waals surface area contributed by atoms with E-state index in [1.807, 2.05) is 31.7 Å². The number of ketones is 1. The number of halogens is 2. The number of methoxy groups -OCH3 is 1. The lowest BCUT2D eigenvalue weighted by Crippen LogP contribution is -2.39. The Labute approximate surface area is 240 Å². The summed E-state index contributed by atoms with van der Waals surface area (Å²) in [5, 5.41) is 19.4. The van der Waals surface area contributed by atoms with E-state index < -0.39 is 12.0 Å². The number of piperidine rings is 1. The lowest BCUT2D eigenvalue weighted by Gasteiger charge is -2.36. The minimum Gasteiger partial charge on any atom is -0.494 e. The van der Waals surface area contributed by atoms with Crippen molar-refractivity contribution in [2.24, 2.45) is 0 Å². The molecular weight excluding hydrogens is 569 g/mol. The number of Topliss-reactive ketones (excluding diaryl/α,β-unsaturated/α-hetero) is 1. The number of benzene rings is 2. The van der Waals surface area contributed by atoms with Crippen LogP contribution in [0.5, 0.6) is 17.2 Å². The fourth-order valence-corrected chi connectivity index (χ4v) is 5.28. The average molecular weight is 609 g/mol. The molecule has 214 valence electrons. The van der Waals surface area contributed by atoms with Crippen LogP contribution in [0.3, 0.4) is 0 Å². The van der Waals surface area contributed by atoms with Gasteiger partial charge in [0, 0.05) is 18.7 Å². The molecule has 2 heterocycles. The highest BCUT2D eigenvalue weighted by atomic mass is 79.9. The molecule has 10 heteroatoms. The van der Waals surface area contributed by atoms with Crippen molar-refractivity contribution < 1.29 is 28.5 Å². The number of fused-ring (bicyclic) bond motifs is 1. The lowest BCUT2D eigenvalue weighted by atomic mass is 9.95. The van der Waals surface area contributed by atoms with Crippen LogP contribution in [0.4, 0.5) is 10.1 Å². The van der Waals surface area contributed by atoms with Crippen LogP contribution in [0.15, 0.2) is 18.2 Å². The van der Waals surface area contributed by atoms with Crippen LogP contribution in [-0.4, -0.2) is 61.3 Å². The number of amidine groups is 1. The molecule has 0 amide bonds. The van der Waals surface area contributed by atoms with Gasteiger partial charge in [0.05, 0.1) is 38.1 Å². The van der Waals surface area contributed by atoms with Crippen LogP contribution in [0.1, 0.15) is 79.9 Å². The van der Waals surface area contributed by atoms with Crippen molar-refractivity contribution in [2.45, 2.75) is 65.6 Å². The zero-order valence-corrected chi connectivity index (χ0v) is 25.0. The maximum atomic E-state index is 15.4. The molecule has 1 unspecified atom stereocenters. The zero-order valence-electron chi connectivity index (χ0n) is 23.3. The van der Waals surface area contributed by atoms with Crippen molar-refractivity contribution >= 4 is 34.3 Å². The quantitative estimate of drug-likeness (QED) is 0.336. The smallest absolute Gasteiger partial charge is 0.197 e. The highest BCUT2D eigenvalue weighted by molar-refractivity contribution is 8.93. The van der Waals surface area contributed by atoms with Gasteiger partial charge in [-0.15, -0.1) is 17.0 Å². The first-order valence-corrected chi connectivity index (χ1v) is 13.4. The van der Waals surface area contributed by atoms with E-state index in [2.05, 4.69) is 0 Å². The third-order valence-electron chi connectivity index (χ3n) is 7.13. The number of rotatable bonds is 10. The maximum absolute atomic E-state index is 15.4.